The Balaban J connectivity index is 2.04. The van der Waals surface area contributed by atoms with Gasteiger partial charge in [0, 0.05) is 4.47 Å². The molecule has 0 fully saturated rings. The minimum atomic E-state index is -0.454. The van der Waals surface area contributed by atoms with Crippen LogP contribution in [0.2, 0.25) is 15.1 Å². The summed E-state index contributed by atoms with van der Waals surface area (Å²) < 4.78 is 6.08. The molecule has 2 aromatic rings. The third-order valence-electron chi connectivity index (χ3n) is 2.74. The van der Waals surface area contributed by atoms with Crippen LogP contribution in [0.3, 0.4) is 0 Å². The van der Waals surface area contributed by atoms with E-state index in [-0.39, 0.29) is 21.7 Å². The average Bonchev–Trinajstić information content (AvgIpc) is 2.51. The van der Waals surface area contributed by atoms with Crippen LogP contribution in [0.25, 0.3) is 0 Å². The molecule has 0 atom stereocenters. The van der Waals surface area contributed by atoms with E-state index < -0.39 is 5.91 Å². The van der Waals surface area contributed by atoms with Crippen LogP contribution in [-0.4, -0.2) is 18.8 Å². The monoisotopic (exact) mass is 435 g/mol. The topological polar surface area (TPSA) is 55.4 Å². The molecule has 0 heterocycles. The lowest BCUT2D eigenvalue weighted by Gasteiger charge is -2.11. The van der Waals surface area contributed by atoms with Crippen molar-refractivity contribution in [1.82, 2.24) is 0 Å². The molecular weight excluding hydrogens is 428 g/mol. The van der Waals surface area contributed by atoms with Gasteiger partial charge in [-0.25, -0.2) is 0 Å². The van der Waals surface area contributed by atoms with Gasteiger partial charge in [0.25, 0.3) is 5.91 Å². The summed E-state index contributed by atoms with van der Waals surface area (Å²) in [6.45, 7) is -0.293. The molecule has 0 spiro atoms. The Morgan fingerprint density at radius 2 is 1.83 bits per heavy atom. The van der Waals surface area contributed by atoms with Crippen molar-refractivity contribution in [3.8, 4) is 5.75 Å². The number of benzene rings is 2. The molecule has 2 aromatic carbocycles. The fourth-order valence-electron chi connectivity index (χ4n) is 1.69. The number of nitrogens with one attached hydrogen (secondary N) is 1. The number of halogens is 4. The number of carbonyl (C=O) groups excluding carboxylic acids is 2. The van der Waals surface area contributed by atoms with E-state index in [2.05, 4.69) is 21.2 Å². The maximum atomic E-state index is 11.9. The minimum Gasteiger partial charge on any atom is -0.483 e. The van der Waals surface area contributed by atoms with E-state index in [1.54, 1.807) is 18.2 Å². The maximum Gasteiger partial charge on any atom is 0.262 e. The Morgan fingerprint density at radius 1 is 1.13 bits per heavy atom. The highest BCUT2D eigenvalue weighted by Gasteiger charge is 2.11. The normalized spacial score (nSPS) is 10.3. The molecular formula is C15H9BrCl3NO3. The van der Waals surface area contributed by atoms with Gasteiger partial charge in [-0.15, -0.1) is 0 Å². The van der Waals surface area contributed by atoms with Gasteiger partial charge in [-0.1, -0.05) is 50.7 Å². The van der Waals surface area contributed by atoms with Crippen molar-refractivity contribution in [3.05, 3.63) is 55.4 Å². The first-order valence-corrected chi connectivity index (χ1v) is 8.15. The van der Waals surface area contributed by atoms with E-state index in [0.29, 0.717) is 23.3 Å². The third kappa shape index (κ3) is 4.85. The summed E-state index contributed by atoms with van der Waals surface area (Å²) in [7, 11) is 0. The number of amides is 1. The molecule has 0 bridgehead atoms. The summed E-state index contributed by atoms with van der Waals surface area (Å²) in [6.07, 6.45) is 0.647. The predicted octanol–water partition coefficient (Wildman–Crippen LogP) is 5.24. The fraction of sp³-hybridized carbons (Fsp3) is 0.0667. The Kier molecular flexibility index (Phi) is 6.30. The SMILES string of the molecule is O=Cc1cc(Br)ccc1OCC(=O)Nc1cc(Cl)c(Cl)cc1Cl. The van der Waals surface area contributed by atoms with Crippen LogP contribution in [0.4, 0.5) is 5.69 Å². The van der Waals surface area contributed by atoms with E-state index in [0.717, 1.165) is 4.47 Å². The zero-order valence-corrected chi connectivity index (χ0v) is 15.3. The molecule has 0 aliphatic heterocycles. The Hall–Kier alpha value is -1.27. The van der Waals surface area contributed by atoms with Crippen LogP contribution in [0, 0.1) is 0 Å². The molecule has 1 amide bonds. The first-order chi connectivity index (χ1) is 10.9. The second kappa shape index (κ2) is 8.02. The molecule has 8 heteroatoms. The summed E-state index contributed by atoms with van der Waals surface area (Å²) >= 11 is 20.9. The highest BCUT2D eigenvalue weighted by molar-refractivity contribution is 9.10. The van der Waals surface area contributed by atoms with Crippen molar-refractivity contribution in [2.75, 3.05) is 11.9 Å². The lowest BCUT2D eigenvalue weighted by Crippen LogP contribution is -2.20. The van der Waals surface area contributed by atoms with Gasteiger partial charge in [-0.05, 0) is 30.3 Å². The molecule has 4 nitrogen and oxygen atoms in total. The zero-order valence-electron chi connectivity index (χ0n) is 11.4. The molecule has 120 valence electrons. The summed E-state index contributed by atoms with van der Waals surface area (Å²) in [5.74, 6) is -0.149. The number of anilines is 1. The Labute approximate surface area is 155 Å². The molecule has 0 aliphatic rings. The highest BCUT2D eigenvalue weighted by Crippen LogP contribution is 2.32. The van der Waals surface area contributed by atoms with Gasteiger partial charge >= 0.3 is 0 Å². The van der Waals surface area contributed by atoms with Crippen molar-refractivity contribution in [2.24, 2.45) is 0 Å². The maximum absolute atomic E-state index is 11.9. The van der Waals surface area contributed by atoms with Gasteiger partial charge < -0.3 is 10.1 Å². The lowest BCUT2D eigenvalue weighted by atomic mass is 10.2. The summed E-state index contributed by atoms with van der Waals surface area (Å²) in [5, 5.41) is 3.37. The minimum absolute atomic E-state index is 0.255. The molecule has 0 aliphatic carbocycles. The van der Waals surface area contributed by atoms with Gasteiger partial charge in [0.05, 0.1) is 26.3 Å². The number of aldehydes is 1. The number of ether oxygens (including phenoxy) is 1. The molecule has 0 aromatic heterocycles. The van der Waals surface area contributed by atoms with Gasteiger partial charge in [-0.3, -0.25) is 9.59 Å². The van der Waals surface area contributed by atoms with Gasteiger partial charge in [-0.2, -0.15) is 0 Å². The van der Waals surface area contributed by atoms with Crippen molar-refractivity contribution >= 4 is 68.6 Å². The fourth-order valence-corrected chi connectivity index (χ4v) is 2.66. The lowest BCUT2D eigenvalue weighted by molar-refractivity contribution is -0.118. The molecule has 0 radical (unpaired) electrons. The second-order valence-electron chi connectivity index (χ2n) is 4.38. The smallest absolute Gasteiger partial charge is 0.262 e. The molecule has 0 unspecified atom stereocenters. The van der Waals surface area contributed by atoms with E-state index in [9.17, 15) is 9.59 Å². The van der Waals surface area contributed by atoms with Crippen LogP contribution in [-0.2, 0) is 4.79 Å². The molecule has 0 saturated carbocycles. The van der Waals surface area contributed by atoms with Crippen LogP contribution < -0.4 is 10.1 Å². The molecule has 0 saturated heterocycles. The molecule has 23 heavy (non-hydrogen) atoms. The zero-order chi connectivity index (χ0) is 17.0. The number of hydrogen-bond donors (Lipinski definition) is 1. The van der Waals surface area contributed by atoms with Gasteiger partial charge in [0.1, 0.15) is 5.75 Å². The van der Waals surface area contributed by atoms with E-state index in [1.807, 2.05) is 0 Å². The third-order valence-corrected chi connectivity index (χ3v) is 4.27. The average molecular weight is 438 g/mol. The standard InChI is InChI=1S/C15H9BrCl3NO3/c16-9-1-2-14(8(3-9)6-21)23-7-15(22)20-13-5-11(18)10(17)4-12(13)19/h1-6H,7H2,(H,20,22). The second-order valence-corrected chi connectivity index (χ2v) is 6.52. The summed E-state index contributed by atoms with van der Waals surface area (Å²) in [5.41, 5.74) is 0.654. The van der Waals surface area contributed by atoms with Crippen molar-refractivity contribution < 1.29 is 14.3 Å². The molecule has 2 rings (SSSR count). The molecule has 1 N–H and O–H groups in total. The van der Waals surface area contributed by atoms with Crippen molar-refractivity contribution in [2.45, 2.75) is 0 Å². The van der Waals surface area contributed by atoms with Crippen LogP contribution in [0.1, 0.15) is 10.4 Å². The van der Waals surface area contributed by atoms with Gasteiger partial charge in [0.15, 0.2) is 12.9 Å². The predicted molar refractivity (Wildman–Crippen MR) is 95.1 cm³/mol. The van der Waals surface area contributed by atoms with Crippen molar-refractivity contribution in [3.63, 3.8) is 0 Å². The van der Waals surface area contributed by atoms with E-state index in [1.165, 1.54) is 12.1 Å². The quantitative estimate of drug-likeness (QED) is 0.514. The Bertz CT molecular complexity index is 768. The van der Waals surface area contributed by atoms with E-state index in [4.69, 9.17) is 39.5 Å². The number of carbonyl (C=O) groups is 2. The highest BCUT2D eigenvalue weighted by atomic mass is 79.9. The van der Waals surface area contributed by atoms with Crippen LogP contribution >= 0.6 is 50.7 Å². The summed E-state index contributed by atoms with van der Waals surface area (Å²) in [4.78, 5) is 22.9. The van der Waals surface area contributed by atoms with Crippen molar-refractivity contribution in [1.29, 1.82) is 0 Å². The first-order valence-electron chi connectivity index (χ1n) is 6.22. The van der Waals surface area contributed by atoms with Gasteiger partial charge in [0.2, 0.25) is 0 Å². The summed E-state index contributed by atoms with van der Waals surface area (Å²) in [6, 6.07) is 7.76. The van der Waals surface area contributed by atoms with Crippen LogP contribution in [0.5, 0.6) is 5.75 Å². The number of rotatable bonds is 5. The van der Waals surface area contributed by atoms with E-state index >= 15 is 0 Å². The van der Waals surface area contributed by atoms with Crippen LogP contribution in [0.15, 0.2) is 34.8 Å². The first kappa shape index (κ1) is 18.1. The Morgan fingerprint density at radius 3 is 2.52 bits per heavy atom. The largest absolute Gasteiger partial charge is 0.483 e. The number of hydrogen-bond acceptors (Lipinski definition) is 3.